The average Bonchev–Trinajstić information content (AvgIpc) is 3.92. The molecule has 0 bridgehead atoms. The molecule has 2 saturated heterocycles. The monoisotopic (exact) mass is 726 g/mol. The first kappa shape index (κ1) is 37.6. The number of rotatable bonds is 17. The summed E-state index contributed by atoms with van der Waals surface area (Å²) >= 11 is -1.23. The molecule has 1 N–H and O–H groups in total. The fourth-order valence-electron chi connectivity index (χ4n) is 6.49. The largest absolute Gasteiger partial charge is 0.611 e. The molecule has 3 heterocycles. The van der Waals surface area contributed by atoms with Gasteiger partial charge in [0.15, 0.2) is 16.4 Å². The highest BCUT2D eigenvalue weighted by Gasteiger charge is 2.43. The van der Waals surface area contributed by atoms with Crippen molar-refractivity contribution in [1.82, 2.24) is 9.55 Å². The number of anilines is 2. The lowest BCUT2D eigenvalue weighted by molar-refractivity contribution is -0.137. The van der Waals surface area contributed by atoms with E-state index in [-0.39, 0.29) is 5.91 Å². The highest BCUT2D eigenvalue weighted by Crippen LogP contribution is 2.37. The van der Waals surface area contributed by atoms with Crippen LogP contribution in [0.15, 0.2) is 89.7 Å². The zero-order valence-corrected chi connectivity index (χ0v) is 31.3. The Morgan fingerprint density at radius 3 is 2.52 bits per heavy atom. The molecule has 1 atom stereocenters. The van der Waals surface area contributed by atoms with Gasteiger partial charge < -0.3 is 38.3 Å². The van der Waals surface area contributed by atoms with Crippen molar-refractivity contribution in [3.8, 4) is 16.9 Å². The smallest absolute Gasteiger partial charge is 0.251 e. The second-order valence-corrected chi connectivity index (χ2v) is 14.7. The van der Waals surface area contributed by atoms with Gasteiger partial charge in [-0.25, -0.2) is 4.98 Å². The minimum absolute atomic E-state index is 0.214. The van der Waals surface area contributed by atoms with E-state index in [1.807, 2.05) is 29.7 Å². The molecule has 0 saturated carbocycles. The van der Waals surface area contributed by atoms with Crippen LogP contribution in [0.2, 0.25) is 0 Å². The summed E-state index contributed by atoms with van der Waals surface area (Å²) in [7, 11) is 0. The van der Waals surface area contributed by atoms with Crippen molar-refractivity contribution in [2.24, 2.45) is 0 Å². The Balaban J connectivity index is 1.15. The standard InChI is InChI=1S/C41H50N4O6S/c1-4-6-20-48-21-22-49-37-12-7-32(8-13-37)33-9-16-39(44-19-17-41(29-44)50-23-24-51-41)34(26-33)25-31(3)40(46)43-35-10-14-38(15-11-35)52(47)28-36-27-42-30-45(36)18-5-2/h7-16,25-27,30H,4-6,17-24,28-29H2,1-3H3,(H,43,46)/t52-/m0/s1. The first-order valence-electron chi connectivity index (χ1n) is 18.3. The number of unbranched alkanes of at least 4 members (excludes halogenated alkanes) is 1. The maximum absolute atomic E-state index is 13.5. The Bertz CT molecular complexity index is 1790. The van der Waals surface area contributed by atoms with Gasteiger partial charge in [-0.15, -0.1) is 0 Å². The van der Waals surface area contributed by atoms with Crippen molar-refractivity contribution < 1.29 is 28.3 Å². The van der Waals surface area contributed by atoms with E-state index in [1.165, 1.54) is 0 Å². The Kier molecular flexibility index (Phi) is 13.1. The molecule has 0 unspecified atom stereocenters. The van der Waals surface area contributed by atoms with E-state index < -0.39 is 17.0 Å². The normalized spacial score (nSPS) is 16.1. The van der Waals surface area contributed by atoms with Crippen LogP contribution in [-0.2, 0) is 42.5 Å². The van der Waals surface area contributed by atoms with Crippen LogP contribution in [0.25, 0.3) is 17.2 Å². The summed E-state index contributed by atoms with van der Waals surface area (Å²) < 4.78 is 38.7. The minimum Gasteiger partial charge on any atom is -0.611 e. The van der Waals surface area contributed by atoms with Crippen LogP contribution >= 0.6 is 0 Å². The van der Waals surface area contributed by atoms with Gasteiger partial charge in [-0.2, -0.15) is 0 Å². The Labute approximate surface area is 310 Å². The highest BCUT2D eigenvalue weighted by atomic mass is 32.2. The van der Waals surface area contributed by atoms with E-state index in [2.05, 4.69) is 59.4 Å². The van der Waals surface area contributed by atoms with Crippen molar-refractivity contribution in [3.63, 3.8) is 0 Å². The first-order valence-corrected chi connectivity index (χ1v) is 19.6. The maximum Gasteiger partial charge on any atom is 0.251 e. The Hall–Kier alpha value is -4.13. The number of carbonyl (C=O) groups excluding carboxylic acids is 1. The number of ether oxygens (including phenoxy) is 4. The van der Waals surface area contributed by atoms with Gasteiger partial charge in [0, 0.05) is 43.1 Å². The van der Waals surface area contributed by atoms with Crippen LogP contribution in [-0.4, -0.2) is 71.9 Å². The van der Waals surface area contributed by atoms with Crippen LogP contribution in [0.3, 0.4) is 0 Å². The minimum atomic E-state index is -1.23. The van der Waals surface area contributed by atoms with Gasteiger partial charge in [0.1, 0.15) is 12.4 Å². The SMILES string of the molecule is CCCCOCCOc1ccc(-c2ccc(N3CCC4(C3)OCCO4)c(C=C(C)C(=O)Nc3ccc([S@@+]([O-])Cc4cncn4CCC)cc3)c2)cc1. The number of hydrogen-bond donors (Lipinski definition) is 1. The van der Waals surface area contributed by atoms with Crippen LogP contribution in [0, 0.1) is 0 Å². The molecule has 3 aromatic carbocycles. The van der Waals surface area contributed by atoms with Gasteiger partial charge in [-0.1, -0.05) is 38.5 Å². The predicted octanol–water partition coefficient (Wildman–Crippen LogP) is 7.46. The molecule has 2 aliphatic rings. The lowest BCUT2D eigenvalue weighted by Crippen LogP contribution is -2.34. The van der Waals surface area contributed by atoms with Crippen molar-refractivity contribution >= 4 is 34.5 Å². The molecule has 4 aromatic rings. The van der Waals surface area contributed by atoms with Crippen LogP contribution < -0.4 is 15.0 Å². The number of hydrogen-bond acceptors (Lipinski definition) is 8. The molecule has 1 spiro atoms. The van der Waals surface area contributed by atoms with Gasteiger partial charge in [-0.05, 0) is 102 Å². The van der Waals surface area contributed by atoms with Crippen molar-refractivity contribution in [2.45, 2.75) is 69.4 Å². The molecular formula is C41H50N4O6S. The zero-order valence-electron chi connectivity index (χ0n) is 30.5. The van der Waals surface area contributed by atoms with Gasteiger partial charge in [-0.3, -0.25) is 4.79 Å². The van der Waals surface area contributed by atoms with Crippen LogP contribution in [0.1, 0.15) is 57.7 Å². The average molecular weight is 727 g/mol. The molecule has 10 nitrogen and oxygen atoms in total. The lowest BCUT2D eigenvalue weighted by Gasteiger charge is -2.25. The van der Waals surface area contributed by atoms with Gasteiger partial charge in [0.2, 0.25) is 0 Å². The van der Waals surface area contributed by atoms with Crippen LogP contribution in [0.4, 0.5) is 11.4 Å². The van der Waals surface area contributed by atoms with E-state index in [4.69, 9.17) is 18.9 Å². The van der Waals surface area contributed by atoms with E-state index >= 15 is 0 Å². The number of aryl methyl sites for hydroxylation is 1. The van der Waals surface area contributed by atoms with Crippen molar-refractivity contribution in [1.29, 1.82) is 0 Å². The number of nitrogens with zero attached hydrogens (tertiary/aromatic N) is 3. The lowest BCUT2D eigenvalue weighted by atomic mass is 9.99. The van der Waals surface area contributed by atoms with E-state index in [0.29, 0.717) is 54.9 Å². The first-order chi connectivity index (χ1) is 25.4. The van der Waals surface area contributed by atoms with Crippen molar-refractivity contribution in [3.05, 3.63) is 96.1 Å². The van der Waals surface area contributed by atoms with Gasteiger partial charge >= 0.3 is 0 Å². The van der Waals surface area contributed by atoms with Gasteiger partial charge in [0.25, 0.3) is 5.91 Å². The molecule has 1 amide bonds. The zero-order chi connectivity index (χ0) is 36.3. The summed E-state index contributed by atoms with van der Waals surface area (Å²) in [5.74, 6) is 0.395. The number of carbonyl (C=O) groups is 1. The molecule has 1 aromatic heterocycles. The molecule has 52 heavy (non-hydrogen) atoms. The fraction of sp³-hybridized carbons (Fsp3) is 0.415. The topological polar surface area (TPSA) is 110 Å². The number of imidazole rings is 1. The second-order valence-electron chi connectivity index (χ2n) is 13.3. The number of aromatic nitrogens is 2. The molecule has 0 aliphatic carbocycles. The van der Waals surface area contributed by atoms with Crippen molar-refractivity contribution in [2.75, 3.05) is 56.3 Å². The summed E-state index contributed by atoms with van der Waals surface area (Å²) in [5, 5.41) is 3.01. The molecule has 2 aliphatic heterocycles. The highest BCUT2D eigenvalue weighted by molar-refractivity contribution is 7.90. The summed E-state index contributed by atoms with van der Waals surface area (Å²) in [6.07, 6.45) is 9.43. The third-order valence-electron chi connectivity index (χ3n) is 9.35. The molecule has 6 rings (SSSR count). The van der Waals surface area contributed by atoms with Gasteiger partial charge in [0.05, 0.1) is 44.6 Å². The summed E-state index contributed by atoms with van der Waals surface area (Å²) in [5.41, 5.74) is 6.15. The second kappa shape index (κ2) is 18.1. The van der Waals surface area contributed by atoms with E-state index in [9.17, 15) is 9.35 Å². The predicted molar refractivity (Wildman–Crippen MR) is 206 cm³/mol. The molecule has 0 radical (unpaired) electrons. The maximum atomic E-state index is 13.5. The summed E-state index contributed by atoms with van der Waals surface area (Å²) in [4.78, 5) is 20.7. The molecule has 276 valence electrons. The quantitative estimate of drug-likeness (QED) is 0.0679. The number of benzene rings is 3. The number of amides is 1. The van der Waals surface area contributed by atoms with E-state index in [1.54, 1.807) is 36.8 Å². The summed E-state index contributed by atoms with van der Waals surface area (Å²) in [6.45, 7) is 11.4. The number of nitrogens with one attached hydrogen (secondary N) is 1. The third-order valence-corrected chi connectivity index (χ3v) is 10.7. The third kappa shape index (κ3) is 9.64. The molecule has 2 fully saturated rings. The Morgan fingerprint density at radius 1 is 1.00 bits per heavy atom. The fourth-order valence-corrected chi connectivity index (χ4v) is 7.60. The Morgan fingerprint density at radius 2 is 1.77 bits per heavy atom. The van der Waals surface area contributed by atoms with Crippen LogP contribution in [0.5, 0.6) is 5.75 Å². The van der Waals surface area contributed by atoms with E-state index in [0.717, 1.165) is 79.2 Å². The molecule has 11 heteroatoms. The summed E-state index contributed by atoms with van der Waals surface area (Å²) in [6, 6.07) is 21.6. The molecular weight excluding hydrogens is 677 g/mol.